The summed E-state index contributed by atoms with van der Waals surface area (Å²) >= 11 is 0. The lowest BCUT2D eigenvalue weighted by atomic mass is 9.91. The van der Waals surface area contributed by atoms with Gasteiger partial charge in [-0.2, -0.15) is 8.62 Å². The number of H-pyrrole nitrogens is 1. The van der Waals surface area contributed by atoms with Gasteiger partial charge in [0.2, 0.25) is 0 Å². The monoisotopic (exact) mass is 523 g/mol. The van der Waals surface area contributed by atoms with Crippen LogP contribution in [-0.2, 0) is 31.6 Å². The second-order valence-electron chi connectivity index (χ2n) is 5.98. The predicted octanol–water partition coefficient (Wildman–Crippen LogP) is -2.14. The molecule has 0 aliphatic carbocycles. The molecule has 1 aliphatic rings. The van der Waals surface area contributed by atoms with E-state index in [1.807, 2.05) is 4.98 Å². The first-order valence-electron chi connectivity index (χ1n) is 8.95. The Morgan fingerprint density at radius 1 is 1.28 bits per heavy atom. The predicted molar refractivity (Wildman–Crippen MR) is 101 cm³/mol. The molecular weight excluding hydrogens is 503 g/mol. The fraction of sp³-hybridized carbons (Fsp3) is 0.500. The number of phosphoric ester groups is 1. The van der Waals surface area contributed by atoms with Crippen LogP contribution in [0.2, 0.25) is 0 Å². The van der Waals surface area contributed by atoms with Gasteiger partial charge in [-0.05, 0) is 6.92 Å². The Hall–Kier alpha value is -1.47. The second-order valence-corrected chi connectivity index (χ2v) is 10.3. The highest BCUT2D eigenvalue weighted by Gasteiger charge is 2.55. The molecule has 180 valence electrons. The van der Waals surface area contributed by atoms with E-state index >= 15 is 0 Å². The standard InChI is InChI=1S/C12H18N3O14P3/c1-2-4-12(13)9(17)7(27-10(12)15-5-3-8(16)14-11(15)18)6-26-31(22,23)29-32(24,25)28-30(19,20)21/h3,5,7,9-10,17H,6,13H2,1H3,(H,22,23)(H,24,25)(H,14,16,18)(H2,19,20,21)/t7-,9+,10-,12?/m1/s1/i6D2. The van der Waals surface area contributed by atoms with Crippen molar-refractivity contribution in [3.05, 3.63) is 33.1 Å². The van der Waals surface area contributed by atoms with E-state index in [0.717, 1.165) is 12.3 Å². The molecule has 1 aromatic heterocycles. The first kappa shape index (κ1) is 23.7. The largest absolute Gasteiger partial charge is 0.490 e. The number of nitrogens with zero attached hydrogens (tertiary/aromatic N) is 1. The van der Waals surface area contributed by atoms with Gasteiger partial charge in [0.05, 0.1) is 9.30 Å². The number of aliphatic hydroxyl groups excluding tert-OH is 1. The van der Waals surface area contributed by atoms with Crippen LogP contribution in [0.1, 0.15) is 15.9 Å². The van der Waals surface area contributed by atoms with Crippen molar-refractivity contribution in [1.82, 2.24) is 9.55 Å². The highest BCUT2D eigenvalue weighted by molar-refractivity contribution is 7.66. The molecule has 0 spiro atoms. The zero-order valence-electron chi connectivity index (χ0n) is 17.7. The maximum atomic E-state index is 12.2. The number of aliphatic hydroxyl groups is 1. The first-order chi connectivity index (χ1) is 15.2. The number of aromatic nitrogens is 2. The fourth-order valence-corrected chi connectivity index (χ4v) is 5.37. The van der Waals surface area contributed by atoms with Gasteiger partial charge in [-0.3, -0.25) is 18.9 Å². The van der Waals surface area contributed by atoms with Gasteiger partial charge >= 0.3 is 29.2 Å². The number of ether oxygens (including phenoxy) is 1. The molecular formula is C12H18N3O14P3. The Morgan fingerprint density at radius 2 is 1.91 bits per heavy atom. The Bertz CT molecular complexity index is 1270. The molecule has 0 radical (unpaired) electrons. The number of nitrogens with one attached hydrogen (secondary N) is 1. The summed E-state index contributed by atoms with van der Waals surface area (Å²) in [6, 6.07) is 0.866. The summed E-state index contributed by atoms with van der Waals surface area (Å²) in [5, 5.41) is 10.6. The highest BCUT2D eigenvalue weighted by atomic mass is 31.3. The summed E-state index contributed by atoms with van der Waals surface area (Å²) in [5.41, 5.74) is 1.85. The lowest BCUT2D eigenvalue weighted by Crippen LogP contribution is -2.55. The topological polar surface area (TPSA) is 270 Å². The Kier molecular flexibility index (Phi) is 6.97. The zero-order chi connectivity index (χ0) is 26.3. The Labute approximate surface area is 181 Å². The molecule has 3 unspecified atom stereocenters. The second kappa shape index (κ2) is 9.41. The molecule has 0 aromatic carbocycles. The lowest BCUT2D eigenvalue weighted by Gasteiger charge is -2.27. The van der Waals surface area contributed by atoms with Crippen molar-refractivity contribution < 1.29 is 59.0 Å². The van der Waals surface area contributed by atoms with Crippen molar-refractivity contribution in [3.8, 4) is 11.8 Å². The molecule has 20 heteroatoms. The van der Waals surface area contributed by atoms with Gasteiger partial charge < -0.3 is 35.2 Å². The van der Waals surface area contributed by atoms with E-state index in [9.17, 15) is 38.2 Å². The van der Waals surface area contributed by atoms with Crippen LogP contribution in [0.15, 0.2) is 21.9 Å². The summed E-state index contributed by atoms with van der Waals surface area (Å²) in [5.74, 6) is 4.64. The molecule has 1 aromatic rings. The van der Waals surface area contributed by atoms with E-state index in [0.29, 0.717) is 4.57 Å². The van der Waals surface area contributed by atoms with Crippen molar-refractivity contribution in [2.24, 2.45) is 5.73 Å². The molecule has 0 saturated carbocycles. The van der Waals surface area contributed by atoms with Crippen molar-refractivity contribution in [2.75, 3.05) is 6.56 Å². The average molecular weight is 523 g/mol. The van der Waals surface area contributed by atoms with Crippen LogP contribution < -0.4 is 17.0 Å². The summed E-state index contributed by atoms with van der Waals surface area (Å²) in [4.78, 5) is 61.2. The molecule has 2 rings (SSSR count). The molecule has 1 fully saturated rings. The quantitative estimate of drug-likeness (QED) is 0.141. The molecule has 2 heterocycles. The van der Waals surface area contributed by atoms with E-state index in [-0.39, 0.29) is 0 Å². The van der Waals surface area contributed by atoms with Crippen molar-refractivity contribution in [3.63, 3.8) is 0 Å². The van der Waals surface area contributed by atoms with E-state index in [1.165, 1.54) is 6.92 Å². The van der Waals surface area contributed by atoms with Crippen LogP contribution in [0.5, 0.6) is 0 Å². The third-order valence-electron chi connectivity index (χ3n) is 3.61. The maximum absolute atomic E-state index is 12.2. The minimum atomic E-state index is -6.01. The van der Waals surface area contributed by atoms with Crippen LogP contribution in [-0.4, -0.2) is 58.5 Å². The van der Waals surface area contributed by atoms with E-state index in [2.05, 4.69) is 25.0 Å². The molecule has 0 amide bonds. The number of rotatable bonds is 8. The van der Waals surface area contributed by atoms with E-state index in [1.54, 1.807) is 0 Å². The molecule has 17 nitrogen and oxygen atoms in total. The molecule has 6 atom stereocenters. The average Bonchev–Trinajstić information content (AvgIpc) is 2.83. The zero-order valence-corrected chi connectivity index (χ0v) is 18.3. The lowest BCUT2D eigenvalue weighted by molar-refractivity contribution is -0.0468. The van der Waals surface area contributed by atoms with E-state index < -0.39 is 65.3 Å². The van der Waals surface area contributed by atoms with Gasteiger partial charge in [-0.25, -0.2) is 18.5 Å². The van der Waals surface area contributed by atoms with Crippen LogP contribution >= 0.6 is 23.5 Å². The Balaban J connectivity index is 2.41. The molecule has 32 heavy (non-hydrogen) atoms. The summed E-state index contributed by atoms with van der Waals surface area (Å²) < 4.78 is 67.0. The van der Waals surface area contributed by atoms with Gasteiger partial charge in [0.25, 0.3) is 5.56 Å². The fourth-order valence-electron chi connectivity index (χ4n) is 2.49. The molecule has 1 saturated heterocycles. The number of aromatic amines is 1. The van der Waals surface area contributed by atoms with Gasteiger partial charge in [-0.1, -0.05) is 5.92 Å². The number of phosphoric acid groups is 3. The maximum Gasteiger partial charge on any atom is 0.490 e. The SMILES string of the molecule is [2H]C([2H])(OP(=O)(O)OP(=O)(O)OP(=O)(O)O)[C@H]1O[C@@H](n2ccc(=O)[nH]c2=O)C(N)(C#CC)[C@H]1O. The van der Waals surface area contributed by atoms with E-state index in [4.69, 9.17) is 23.0 Å². The van der Waals surface area contributed by atoms with Crippen LogP contribution in [0, 0.1) is 11.8 Å². The molecule has 0 bridgehead atoms. The third-order valence-corrected chi connectivity index (χ3v) is 7.27. The Morgan fingerprint density at radius 3 is 2.44 bits per heavy atom. The number of nitrogens with two attached hydrogens (primary N) is 1. The van der Waals surface area contributed by atoms with Gasteiger partial charge in [0, 0.05) is 12.3 Å². The normalized spacial score (nSPS) is 30.9. The number of hydrogen-bond donors (Lipinski definition) is 7. The summed E-state index contributed by atoms with van der Waals surface area (Å²) in [6.45, 7) is -2.32. The van der Waals surface area contributed by atoms with Gasteiger partial charge in [0.1, 0.15) is 12.2 Å². The summed E-state index contributed by atoms with van der Waals surface area (Å²) in [6.07, 6.45) is -5.44. The third kappa shape index (κ3) is 6.53. The van der Waals surface area contributed by atoms with Crippen molar-refractivity contribution in [1.29, 1.82) is 0 Å². The highest BCUT2D eigenvalue weighted by Crippen LogP contribution is 2.66. The van der Waals surface area contributed by atoms with Crippen LogP contribution in [0.4, 0.5) is 0 Å². The van der Waals surface area contributed by atoms with Crippen LogP contribution in [0.25, 0.3) is 0 Å². The number of hydrogen-bond acceptors (Lipinski definition) is 11. The molecule has 1 aliphatic heterocycles. The minimum Gasteiger partial charge on any atom is -0.387 e. The minimum absolute atomic E-state index is 0.635. The first-order valence-corrected chi connectivity index (χ1v) is 12.5. The van der Waals surface area contributed by atoms with Crippen LogP contribution in [0.3, 0.4) is 0 Å². The summed E-state index contributed by atoms with van der Waals surface area (Å²) in [7, 11) is -17.7. The van der Waals surface area contributed by atoms with Gasteiger partial charge in [0.15, 0.2) is 11.8 Å². The van der Waals surface area contributed by atoms with Gasteiger partial charge in [-0.15, -0.1) is 5.92 Å². The van der Waals surface area contributed by atoms with Crippen molar-refractivity contribution >= 4 is 23.5 Å². The van der Waals surface area contributed by atoms with Crippen molar-refractivity contribution in [2.45, 2.75) is 30.9 Å². The molecule has 8 N–H and O–H groups in total. The smallest absolute Gasteiger partial charge is 0.387 e.